The van der Waals surface area contributed by atoms with E-state index in [2.05, 4.69) is 15.2 Å². The molecule has 0 aliphatic rings. The summed E-state index contributed by atoms with van der Waals surface area (Å²) in [6, 6.07) is 8.66. The average Bonchev–Trinajstić information content (AvgIpc) is 3.17. The maximum Gasteiger partial charge on any atom is 0.573 e. The van der Waals surface area contributed by atoms with Crippen LogP contribution in [0.15, 0.2) is 59.1 Å². The second kappa shape index (κ2) is 8.94. The first-order valence-corrected chi connectivity index (χ1v) is 9.80. The Morgan fingerprint density at radius 3 is 2.28 bits per heavy atom. The molecule has 14 heteroatoms. The van der Waals surface area contributed by atoms with Gasteiger partial charge in [-0.15, -0.1) is 13.2 Å². The first-order valence-electron chi connectivity index (χ1n) is 9.80. The first-order chi connectivity index (χ1) is 16.8. The maximum absolute atomic E-state index is 13.8. The third kappa shape index (κ3) is 5.26. The molecule has 0 bridgehead atoms. The van der Waals surface area contributed by atoms with E-state index in [1.54, 1.807) is 0 Å². The van der Waals surface area contributed by atoms with Gasteiger partial charge in [0.05, 0.1) is 16.6 Å². The van der Waals surface area contributed by atoms with Crippen LogP contribution in [0.4, 0.5) is 52.8 Å². The highest BCUT2D eigenvalue weighted by Gasteiger charge is 2.33. The number of fused-ring (bicyclic) bond motifs is 1. The van der Waals surface area contributed by atoms with Crippen LogP contribution in [-0.2, 0) is 6.18 Å². The van der Waals surface area contributed by atoms with Crippen molar-refractivity contribution in [3.05, 3.63) is 66.0 Å². The molecule has 0 unspecified atom stereocenters. The van der Waals surface area contributed by atoms with E-state index in [0.717, 1.165) is 6.07 Å². The highest BCUT2D eigenvalue weighted by atomic mass is 19.4. The topological polar surface area (TPSA) is 102 Å². The number of halogens is 7. The molecule has 188 valence electrons. The molecule has 0 spiro atoms. The van der Waals surface area contributed by atoms with E-state index >= 15 is 0 Å². The van der Waals surface area contributed by atoms with Crippen LogP contribution >= 0.6 is 0 Å². The number of hydrogen-bond donors (Lipinski definition) is 3. The quantitative estimate of drug-likeness (QED) is 0.261. The van der Waals surface area contributed by atoms with E-state index in [1.165, 1.54) is 30.3 Å². The summed E-state index contributed by atoms with van der Waals surface area (Å²) in [6.07, 6.45) is -9.69. The third-order valence-corrected chi connectivity index (χ3v) is 4.84. The van der Waals surface area contributed by atoms with E-state index in [9.17, 15) is 35.5 Å². The number of nitrogens with one attached hydrogen (secondary N) is 2. The van der Waals surface area contributed by atoms with Crippen molar-refractivity contribution in [2.75, 3.05) is 16.4 Å². The van der Waals surface area contributed by atoms with E-state index in [4.69, 9.17) is 10.3 Å². The van der Waals surface area contributed by atoms with E-state index in [1.807, 2.05) is 5.32 Å². The Balaban J connectivity index is 1.54. The third-order valence-electron chi connectivity index (χ3n) is 4.84. The molecule has 0 radical (unpaired) electrons. The number of nitrogens with two attached hydrogens (primary N) is 1. The summed E-state index contributed by atoms with van der Waals surface area (Å²) in [5.74, 6) is -1.93. The minimum atomic E-state index is -4.97. The molecular formula is C22H13F7N4O3. The lowest BCUT2D eigenvalue weighted by Crippen LogP contribution is -2.20. The number of urea groups is 1. The predicted octanol–water partition coefficient (Wildman–Crippen LogP) is 6.78. The Hall–Kier alpha value is -4.49. The van der Waals surface area contributed by atoms with Crippen LogP contribution in [0, 0.1) is 5.82 Å². The number of nitrogens with zero attached hydrogens (tertiary/aromatic N) is 1. The predicted molar refractivity (Wildman–Crippen MR) is 115 cm³/mol. The molecule has 36 heavy (non-hydrogen) atoms. The van der Waals surface area contributed by atoms with Gasteiger partial charge < -0.3 is 25.6 Å². The van der Waals surface area contributed by atoms with Crippen LogP contribution in [0.1, 0.15) is 5.56 Å². The van der Waals surface area contributed by atoms with Gasteiger partial charge in [0.1, 0.15) is 5.82 Å². The SMILES string of the molecule is Nc1onc2c(OC(F)(F)F)ccc(-c3ccc(NC(=O)Nc4cc(C(F)(F)F)ccc4F)cc3)c12. The van der Waals surface area contributed by atoms with E-state index in [-0.39, 0.29) is 22.5 Å². The Kier molecular flexibility index (Phi) is 6.12. The molecule has 4 N–H and O–H groups in total. The molecular weight excluding hydrogens is 501 g/mol. The fraction of sp³-hybridized carbons (Fsp3) is 0.0909. The van der Waals surface area contributed by atoms with Crippen molar-refractivity contribution in [2.24, 2.45) is 0 Å². The lowest BCUT2D eigenvalue weighted by Gasteiger charge is -2.12. The normalized spacial score (nSPS) is 12.0. The maximum atomic E-state index is 13.8. The fourth-order valence-corrected chi connectivity index (χ4v) is 3.32. The van der Waals surface area contributed by atoms with Gasteiger partial charge in [0.15, 0.2) is 11.3 Å². The molecule has 3 aromatic carbocycles. The largest absolute Gasteiger partial charge is 0.573 e. The molecule has 2 amide bonds. The van der Waals surface area contributed by atoms with Gasteiger partial charge in [-0.25, -0.2) is 9.18 Å². The monoisotopic (exact) mass is 514 g/mol. The highest BCUT2D eigenvalue weighted by Crippen LogP contribution is 2.39. The van der Waals surface area contributed by atoms with Crippen LogP contribution in [0.5, 0.6) is 5.75 Å². The standard InChI is InChI=1S/C22H13F7N4O3/c23-14-7-3-11(21(24,25)26)9-15(14)32-20(34)31-12-4-1-10(2-5-12)13-6-8-16(35-22(27,28)29)18-17(13)19(30)36-33-18/h1-9H,30H2,(H2,31,32,34). The van der Waals surface area contributed by atoms with Crippen molar-refractivity contribution < 1.29 is 44.8 Å². The summed E-state index contributed by atoms with van der Waals surface area (Å²) in [5.41, 5.74) is 4.63. The number of rotatable bonds is 4. The molecule has 0 aliphatic carbocycles. The molecule has 0 saturated heterocycles. The van der Waals surface area contributed by atoms with Crippen LogP contribution in [0.2, 0.25) is 0 Å². The Morgan fingerprint density at radius 1 is 0.944 bits per heavy atom. The van der Waals surface area contributed by atoms with Gasteiger partial charge in [0.2, 0.25) is 5.88 Å². The Bertz CT molecular complexity index is 1430. The zero-order chi connectivity index (χ0) is 26.3. The van der Waals surface area contributed by atoms with Crippen molar-refractivity contribution >= 4 is 34.2 Å². The van der Waals surface area contributed by atoms with Crippen molar-refractivity contribution in [1.82, 2.24) is 5.16 Å². The van der Waals surface area contributed by atoms with Gasteiger partial charge >= 0.3 is 18.6 Å². The number of alkyl halides is 6. The number of anilines is 3. The Labute approximate surface area is 196 Å². The zero-order valence-electron chi connectivity index (χ0n) is 17.6. The van der Waals surface area contributed by atoms with Gasteiger partial charge in [-0.1, -0.05) is 17.3 Å². The van der Waals surface area contributed by atoms with E-state index in [0.29, 0.717) is 29.3 Å². The number of hydrogen-bond acceptors (Lipinski definition) is 5. The molecule has 7 nitrogen and oxygen atoms in total. The van der Waals surface area contributed by atoms with Crippen LogP contribution in [0.3, 0.4) is 0 Å². The van der Waals surface area contributed by atoms with Crippen molar-refractivity contribution in [2.45, 2.75) is 12.5 Å². The zero-order valence-corrected chi connectivity index (χ0v) is 17.6. The number of benzene rings is 3. The lowest BCUT2D eigenvalue weighted by molar-refractivity contribution is -0.274. The molecule has 4 rings (SSSR count). The first kappa shape index (κ1) is 24.6. The molecule has 4 aromatic rings. The van der Waals surface area contributed by atoms with Crippen molar-refractivity contribution in [3.8, 4) is 16.9 Å². The summed E-state index contributed by atoms with van der Waals surface area (Å²) >= 11 is 0. The van der Waals surface area contributed by atoms with Crippen LogP contribution in [-0.4, -0.2) is 17.6 Å². The highest BCUT2D eigenvalue weighted by molar-refractivity contribution is 6.04. The molecule has 0 atom stereocenters. The number of carbonyl (C=O) groups excluding carboxylic acids is 1. The van der Waals surface area contributed by atoms with E-state index < -0.39 is 41.4 Å². The Morgan fingerprint density at radius 2 is 1.64 bits per heavy atom. The van der Waals surface area contributed by atoms with Crippen molar-refractivity contribution in [3.63, 3.8) is 0 Å². The number of ether oxygens (including phenoxy) is 1. The van der Waals surface area contributed by atoms with Gasteiger partial charge in [-0.05, 0) is 53.6 Å². The second-order valence-electron chi connectivity index (χ2n) is 7.28. The average molecular weight is 514 g/mol. The van der Waals surface area contributed by atoms with Gasteiger partial charge in [0, 0.05) is 5.69 Å². The molecule has 0 saturated carbocycles. The molecule has 0 aliphatic heterocycles. The van der Waals surface area contributed by atoms with Gasteiger partial charge in [-0.2, -0.15) is 13.2 Å². The lowest BCUT2D eigenvalue weighted by atomic mass is 10.0. The second-order valence-corrected chi connectivity index (χ2v) is 7.28. The summed E-state index contributed by atoms with van der Waals surface area (Å²) in [5, 5.41) is 7.92. The minimum absolute atomic E-state index is 0.0650. The molecule has 1 heterocycles. The number of aromatic nitrogens is 1. The smallest absolute Gasteiger partial charge is 0.403 e. The summed E-state index contributed by atoms with van der Waals surface area (Å²) < 4.78 is 99.1. The van der Waals surface area contributed by atoms with Gasteiger partial charge in [0.25, 0.3) is 0 Å². The molecule has 1 aromatic heterocycles. The van der Waals surface area contributed by atoms with Crippen molar-refractivity contribution in [1.29, 1.82) is 0 Å². The minimum Gasteiger partial charge on any atom is -0.403 e. The number of nitrogen functional groups attached to an aromatic ring is 1. The van der Waals surface area contributed by atoms with Crippen LogP contribution in [0.25, 0.3) is 22.0 Å². The summed E-state index contributed by atoms with van der Waals surface area (Å²) in [6.45, 7) is 0. The summed E-state index contributed by atoms with van der Waals surface area (Å²) in [4.78, 5) is 12.2. The number of carbonyl (C=O) groups is 1. The van der Waals surface area contributed by atoms with Gasteiger partial charge in [-0.3, -0.25) is 0 Å². The van der Waals surface area contributed by atoms with Crippen LogP contribution < -0.4 is 21.1 Å². The molecule has 0 fully saturated rings. The summed E-state index contributed by atoms with van der Waals surface area (Å²) in [7, 11) is 0. The fourth-order valence-electron chi connectivity index (χ4n) is 3.32. The number of amides is 2.